The smallest absolute Gasteiger partial charge is 0.0678 e. The molecule has 2 heteroatoms. The Morgan fingerprint density at radius 1 is 0.818 bits per heavy atom. The molecule has 22 heavy (non-hydrogen) atoms. The van der Waals surface area contributed by atoms with Crippen LogP contribution in [0.5, 0.6) is 0 Å². The SMILES string of the molecule is CC=CCCCCCCCCCCCN1CC(C)OC(C)C1. The molecule has 0 aromatic carbocycles. The molecule has 0 aliphatic carbocycles. The van der Waals surface area contributed by atoms with Crippen molar-refractivity contribution < 1.29 is 4.74 Å². The van der Waals surface area contributed by atoms with Crippen LogP contribution in [0.3, 0.4) is 0 Å². The number of allylic oxidation sites excluding steroid dienone is 2. The van der Waals surface area contributed by atoms with Crippen LogP contribution in [-0.2, 0) is 4.74 Å². The molecule has 0 N–H and O–H groups in total. The largest absolute Gasteiger partial charge is 0.373 e. The van der Waals surface area contributed by atoms with Gasteiger partial charge in [-0.05, 0) is 46.6 Å². The standard InChI is InChI=1S/C20H39NO/c1-4-5-6-7-8-9-10-11-12-13-14-15-16-21-17-19(2)22-20(3)18-21/h4-5,19-20H,6-18H2,1-3H3. The number of unbranched alkanes of at least 4 members (excludes halogenated alkanes) is 9. The second kappa shape index (κ2) is 13.1. The average Bonchev–Trinajstić information content (AvgIpc) is 2.47. The lowest BCUT2D eigenvalue weighted by Crippen LogP contribution is -2.45. The van der Waals surface area contributed by atoms with Gasteiger partial charge in [-0.1, -0.05) is 57.1 Å². The monoisotopic (exact) mass is 309 g/mol. The summed E-state index contributed by atoms with van der Waals surface area (Å²) in [7, 11) is 0. The van der Waals surface area contributed by atoms with E-state index in [2.05, 4.69) is 37.8 Å². The predicted octanol–water partition coefficient (Wildman–Crippen LogP) is 5.57. The van der Waals surface area contributed by atoms with Gasteiger partial charge >= 0.3 is 0 Å². The first-order valence-corrected chi connectivity index (χ1v) is 9.71. The normalized spacial score (nSPS) is 23.4. The lowest BCUT2D eigenvalue weighted by Gasteiger charge is -2.35. The highest BCUT2D eigenvalue weighted by atomic mass is 16.5. The zero-order valence-electron chi connectivity index (χ0n) is 15.4. The van der Waals surface area contributed by atoms with Crippen LogP contribution in [0, 0.1) is 0 Å². The summed E-state index contributed by atoms with van der Waals surface area (Å²) in [5.74, 6) is 0. The van der Waals surface area contributed by atoms with Gasteiger partial charge in [-0.15, -0.1) is 0 Å². The molecule has 1 rings (SSSR count). The van der Waals surface area contributed by atoms with E-state index in [1.54, 1.807) is 0 Å². The number of hydrogen-bond donors (Lipinski definition) is 0. The first-order valence-electron chi connectivity index (χ1n) is 9.71. The Hall–Kier alpha value is -0.340. The molecule has 1 saturated heterocycles. The highest BCUT2D eigenvalue weighted by Gasteiger charge is 2.21. The molecule has 0 spiro atoms. The van der Waals surface area contributed by atoms with Crippen molar-refractivity contribution in [1.29, 1.82) is 0 Å². The van der Waals surface area contributed by atoms with E-state index < -0.39 is 0 Å². The van der Waals surface area contributed by atoms with Crippen molar-refractivity contribution in [2.45, 2.75) is 97.2 Å². The van der Waals surface area contributed by atoms with Crippen molar-refractivity contribution in [2.24, 2.45) is 0 Å². The molecular weight excluding hydrogens is 270 g/mol. The van der Waals surface area contributed by atoms with Gasteiger partial charge in [0.05, 0.1) is 12.2 Å². The summed E-state index contributed by atoms with van der Waals surface area (Å²) in [5, 5.41) is 0. The van der Waals surface area contributed by atoms with Crippen LogP contribution >= 0.6 is 0 Å². The maximum Gasteiger partial charge on any atom is 0.0678 e. The van der Waals surface area contributed by atoms with Crippen LogP contribution < -0.4 is 0 Å². The van der Waals surface area contributed by atoms with Crippen molar-refractivity contribution in [3.05, 3.63) is 12.2 Å². The van der Waals surface area contributed by atoms with E-state index in [4.69, 9.17) is 4.74 Å². The zero-order chi connectivity index (χ0) is 16.0. The van der Waals surface area contributed by atoms with Gasteiger partial charge in [0.2, 0.25) is 0 Å². The van der Waals surface area contributed by atoms with Crippen molar-refractivity contribution in [3.63, 3.8) is 0 Å². The summed E-state index contributed by atoms with van der Waals surface area (Å²) in [6.07, 6.45) is 19.3. The van der Waals surface area contributed by atoms with E-state index in [1.165, 1.54) is 70.8 Å². The molecule has 2 unspecified atom stereocenters. The predicted molar refractivity (Wildman–Crippen MR) is 97.4 cm³/mol. The van der Waals surface area contributed by atoms with E-state index >= 15 is 0 Å². The summed E-state index contributed by atoms with van der Waals surface area (Å²) in [6, 6.07) is 0. The van der Waals surface area contributed by atoms with E-state index in [1.807, 2.05) is 0 Å². The van der Waals surface area contributed by atoms with Crippen LogP contribution in [0.1, 0.15) is 85.0 Å². The fourth-order valence-corrected chi connectivity index (χ4v) is 3.47. The lowest BCUT2D eigenvalue weighted by atomic mass is 10.1. The third kappa shape index (κ3) is 10.4. The Morgan fingerprint density at radius 3 is 1.86 bits per heavy atom. The van der Waals surface area contributed by atoms with Gasteiger partial charge in [0.1, 0.15) is 0 Å². The third-order valence-electron chi connectivity index (χ3n) is 4.58. The van der Waals surface area contributed by atoms with Crippen LogP contribution in [0.2, 0.25) is 0 Å². The minimum absolute atomic E-state index is 0.413. The molecule has 2 nitrogen and oxygen atoms in total. The molecule has 2 atom stereocenters. The fraction of sp³-hybridized carbons (Fsp3) is 0.900. The molecule has 1 aliphatic heterocycles. The van der Waals surface area contributed by atoms with Gasteiger partial charge in [0.15, 0.2) is 0 Å². The summed E-state index contributed by atoms with van der Waals surface area (Å²) in [6.45, 7) is 10.0. The minimum Gasteiger partial charge on any atom is -0.373 e. The van der Waals surface area contributed by atoms with Crippen LogP contribution in [-0.4, -0.2) is 36.7 Å². The van der Waals surface area contributed by atoms with Gasteiger partial charge in [0.25, 0.3) is 0 Å². The first kappa shape index (κ1) is 19.7. The maximum atomic E-state index is 5.78. The second-order valence-corrected chi connectivity index (χ2v) is 7.06. The fourth-order valence-electron chi connectivity index (χ4n) is 3.47. The molecule has 130 valence electrons. The van der Waals surface area contributed by atoms with E-state index in [-0.39, 0.29) is 0 Å². The van der Waals surface area contributed by atoms with E-state index in [9.17, 15) is 0 Å². The molecule has 0 amide bonds. The molecular formula is C20H39NO. The molecule has 0 aromatic rings. The van der Waals surface area contributed by atoms with Crippen molar-refractivity contribution >= 4 is 0 Å². The molecule has 1 fully saturated rings. The topological polar surface area (TPSA) is 12.5 Å². The minimum atomic E-state index is 0.413. The Kier molecular flexibility index (Phi) is 11.8. The number of morpholine rings is 1. The summed E-state index contributed by atoms with van der Waals surface area (Å²) in [5.41, 5.74) is 0. The van der Waals surface area contributed by atoms with Crippen molar-refractivity contribution in [1.82, 2.24) is 4.90 Å². The highest BCUT2D eigenvalue weighted by Crippen LogP contribution is 2.13. The van der Waals surface area contributed by atoms with Gasteiger partial charge in [0, 0.05) is 13.1 Å². The second-order valence-electron chi connectivity index (χ2n) is 7.06. The number of rotatable bonds is 12. The molecule has 0 radical (unpaired) electrons. The molecule has 1 heterocycles. The van der Waals surface area contributed by atoms with Crippen LogP contribution in [0.4, 0.5) is 0 Å². The summed E-state index contributed by atoms with van der Waals surface area (Å²) >= 11 is 0. The molecule has 0 bridgehead atoms. The third-order valence-corrected chi connectivity index (χ3v) is 4.58. The summed E-state index contributed by atoms with van der Waals surface area (Å²) in [4.78, 5) is 2.59. The van der Waals surface area contributed by atoms with E-state index in [0.29, 0.717) is 12.2 Å². The number of nitrogens with zero attached hydrogens (tertiary/aromatic N) is 1. The quantitative estimate of drug-likeness (QED) is 0.345. The Bertz CT molecular complexity index is 267. The highest BCUT2D eigenvalue weighted by molar-refractivity contribution is 4.76. The number of ether oxygens (including phenoxy) is 1. The maximum absolute atomic E-state index is 5.78. The van der Waals surface area contributed by atoms with Crippen molar-refractivity contribution in [2.75, 3.05) is 19.6 Å². The lowest BCUT2D eigenvalue weighted by molar-refractivity contribution is -0.0681. The van der Waals surface area contributed by atoms with Crippen molar-refractivity contribution in [3.8, 4) is 0 Å². The Morgan fingerprint density at radius 2 is 1.32 bits per heavy atom. The number of hydrogen-bond acceptors (Lipinski definition) is 2. The molecule has 0 saturated carbocycles. The average molecular weight is 310 g/mol. The molecule has 0 aromatic heterocycles. The summed E-state index contributed by atoms with van der Waals surface area (Å²) < 4.78 is 5.78. The van der Waals surface area contributed by atoms with Gasteiger partial charge in [-0.3, -0.25) is 4.90 Å². The first-order chi connectivity index (χ1) is 10.7. The van der Waals surface area contributed by atoms with Gasteiger partial charge in [-0.2, -0.15) is 0 Å². The van der Waals surface area contributed by atoms with E-state index in [0.717, 1.165) is 13.1 Å². The zero-order valence-corrected chi connectivity index (χ0v) is 15.4. The van der Waals surface area contributed by atoms with Gasteiger partial charge in [-0.25, -0.2) is 0 Å². The van der Waals surface area contributed by atoms with Gasteiger partial charge < -0.3 is 4.74 Å². The van der Waals surface area contributed by atoms with Crippen LogP contribution in [0.25, 0.3) is 0 Å². The van der Waals surface area contributed by atoms with Crippen LogP contribution in [0.15, 0.2) is 12.2 Å². The Balaban J connectivity index is 1.82. The molecule has 1 aliphatic rings. The Labute approximate surface area is 139 Å².